The van der Waals surface area contributed by atoms with Crippen LogP contribution < -0.4 is 10.3 Å². The van der Waals surface area contributed by atoms with Crippen molar-refractivity contribution in [1.29, 1.82) is 0 Å². The van der Waals surface area contributed by atoms with Crippen LogP contribution in [-0.2, 0) is 6.54 Å². The highest BCUT2D eigenvalue weighted by Gasteiger charge is 2.21. The molecule has 0 aromatic carbocycles. The van der Waals surface area contributed by atoms with Crippen molar-refractivity contribution in [2.45, 2.75) is 32.4 Å². The van der Waals surface area contributed by atoms with Crippen LogP contribution in [0.5, 0.6) is 6.01 Å². The molecule has 2 aromatic heterocycles. The predicted octanol–water partition coefficient (Wildman–Crippen LogP) is 1.49. The third-order valence-corrected chi connectivity index (χ3v) is 4.12. The van der Waals surface area contributed by atoms with E-state index in [9.17, 15) is 4.79 Å². The van der Waals surface area contributed by atoms with Gasteiger partial charge in [-0.15, -0.1) is 0 Å². The van der Waals surface area contributed by atoms with E-state index >= 15 is 0 Å². The van der Waals surface area contributed by atoms with E-state index in [0.29, 0.717) is 6.01 Å². The van der Waals surface area contributed by atoms with Crippen molar-refractivity contribution in [3.05, 3.63) is 52.7 Å². The molecule has 3 heterocycles. The molecule has 2 aromatic rings. The standard InChI is InChI=1S/C17H22N4O2/c1-14-12-18-17(19-13-14)23-15-5-8-20(9-6-15)10-11-21-7-3-2-4-16(21)22/h2-4,7,12-13,15H,5-6,8-11H2,1H3. The van der Waals surface area contributed by atoms with Crippen molar-refractivity contribution in [3.8, 4) is 6.01 Å². The first-order valence-electron chi connectivity index (χ1n) is 8.04. The summed E-state index contributed by atoms with van der Waals surface area (Å²) in [5.74, 6) is 0. The van der Waals surface area contributed by atoms with Crippen LogP contribution in [0.4, 0.5) is 0 Å². The fraction of sp³-hybridized carbons (Fsp3) is 0.471. The van der Waals surface area contributed by atoms with Gasteiger partial charge >= 0.3 is 6.01 Å². The number of aromatic nitrogens is 3. The third-order valence-electron chi connectivity index (χ3n) is 4.12. The third kappa shape index (κ3) is 4.39. The maximum absolute atomic E-state index is 11.7. The predicted molar refractivity (Wildman–Crippen MR) is 87.6 cm³/mol. The first kappa shape index (κ1) is 15.7. The quantitative estimate of drug-likeness (QED) is 0.837. The molecular weight excluding hydrogens is 292 g/mol. The van der Waals surface area contributed by atoms with Crippen molar-refractivity contribution < 1.29 is 4.74 Å². The second kappa shape index (κ2) is 7.37. The van der Waals surface area contributed by atoms with E-state index in [-0.39, 0.29) is 11.7 Å². The molecule has 0 N–H and O–H groups in total. The molecule has 122 valence electrons. The minimum atomic E-state index is 0.0576. The van der Waals surface area contributed by atoms with E-state index in [0.717, 1.165) is 44.6 Å². The zero-order chi connectivity index (χ0) is 16.1. The zero-order valence-electron chi connectivity index (χ0n) is 13.4. The number of hydrogen-bond acceptors (Lipinski definition) is 5. The Bertz CT molecular complexity index is 675. The highest BCUT2D eigenvalue weighted by atomic mass is 16.5. The lowest BCUT2D eigenvalue weighted by molar-refractivity contribution is 0.0908. The Balaban J connectivity index is 1.44. The normalized spacial score (nSPS) is 16.4. The van der Waals surface area contributed by atoms with Gasteiger partial charge in [-0.3, -0.25) is 4.79 Å². The summed E-state index contributed by atoms with van der Waals surface area (Å²) in [6, 6.07) is 5.73. The second-order valence-corrected chi connectivity index (χ2v) is 5.93. The summed E-state index contributed by atoms with van der Waals surface area (Å²) in [5.41, 5.74) is 1.09. The minimum Gasteiger partial charge on any atom is -0.460 e. The number of aryl methyl sites for hydroxylation is 1. The van der Waals surface area contributed by atoms with Crippen LogP contribution in [0.15, 0.2) is 41.6 Å². The van der Waals surface area contributed by atoms with E-state index in [4.69, 9.17) is 4.74 Å². The van der Waals surface area contributed by atoms with Gasteiger partial charge in [0.05, 0.1) is 0 Å². The molecule has 1 saturated heterocycles. The smallest absolute Gasteiger partial charge is 0.316 e. The van der Waals surface area contributed by atoms with Crippen LogP contribution >= 0.6 is 0 Å². The van der Waals surface area contributed by atoms with Gasteiger partial charge in [0.2, 0.25) is 0 Å². The molecule has 0 aliphatic carbocycles. The lowest BCUT2D eigenvalue weighted by Crippen LogP contribution is -2.40. The Labute approximate surface area is 135 Å². The summed E-state index contributed by atoms with van der Waals surface area (Å²) in [7, 11) is 0. The number of likely N-dealkylation sites (tertiary alicyclic amines) is 1. The lowest BCUT2D eigenvalue weighted by Gasteiger charge is -2.31. The van der Waals surface area contributed by atoms with Gasteiger partial charge in [0.1, 0.15) is 6.10 Å². The molecule has 0 amide bonds. The maximum Gasteiger partial charge on any atom is 0.316 e. The molecule has 6 heteroatoms. The van der Waals surface area contributed by atoms with Crippen LogP contribution in [0.25, 0.3) is 0 Å². The number of nitrogens with zero attached hydrogens (tertiary/aromatic N) is 4. The lowest BCUT2D eigenvalue weighted by atomic mass is 10.1. The zero-order valence-corrected chi connectivity index (χ0v) is 13.4. The van der Waals surface area contributed by atoms with Crippen molar-refractivity contribution in [2.24, 2.45) is 0 Å². The summed E-state index contributed by atoms with van der Waals surface area (Å²) >= 11 is 0. The van der Waals surface area contributed by atoms with Gasteiger partial charge < -0.3 is 14.2 Å². The summed E-state index contributed by atoms with van der Waals surface area (Å²) in [6.45, 7) is 5.51. The monoisotopic (exact) mass is 314 g/mol. The number of rotatable bonds is 5. The Kier molecular flexibility index (Phi) is 5.02. The molecule has 0 saturated carbocycles. The number of hydrogen-bond donors (Lipinski definition) is 0. The molecule has 0 atom stereocenters. The highest BCUT2D eigenvalue weighted by molar-refractivity contribution is 5.05. The number of pyridine rings is 1. The van der Waals surface area contributed by atoms with Crippen molar-refractivity contribution >= 4 is 0 Å². The Morgan fingerprint density at radius 1 is 1.17 bits per heavy atom. The Morgan fingerprint density at radius 2 is 1.91 bits per heavy atom. The van der Waals surface area contributed by atoms with Gasteiger partial charge in [-0.05, 0) is 31.4 Å². The molecule has 6 nitrogen and oxygen atoms in total. The van der Waals surface area contributed by atoms with Gasteiger partial charge in [0, 0.05) is 50.8 Å². The van der Waals surface area contributed by atoms with Crippen molar-refractivity contribution in [1.82, 2.24) is 19.4 Å². The molecule has 0 unspecified atom stereocenters. The second-order valence-electron chi connectivity index (χ2n) is 5.93. The van der Waals surface area contributed by atoms with E-state index in [1.54, 1.807) is 29.1 Å². The summed E-state index contributed by atoms with van der Waals surface area (Å²) < 4.78 is 7.59. The van der Waals surface area contributed by atoms with E-state index in [1.165, 1.54) is 0 Å². The van der Waals surface area contributed by atoms with E-state index < -0.39 is 0 Å². The maximum atomic E-state index is 11.7. The fourth-order valence-electron chi connectivity index (χ4n) is 2.74. The van der Waals surface area contributed by atoms with Crippen molar-refractivity contribution in [2.75, 3.05) is 19.6 Å². The molecule has 0 bridgehead atoms. The SMILES string of the molecule is Cc1cnc(OC2CCN(CCn3ccccc3=O)CC2)nc1. The van der Waals surface area contributed by atoms with Gasteiger partial charge in [0.25, 0.3) is 5.56 Å². The Morgan fingerprint density at radius 3 is 2.61 bits per heavy atom. The summed E-state index contributed by atoms with van der Waals surface area (Å²) in [4.78, 5) is 22.4. The largest absolute Gasteiger partial charge is 0.460 e. The fourth-order valence-corrected chi connectivity index (χ4v) is 2.74. The van der Waals surface area contributed by atoms with E-state index in [2.05, 4.69) is 14.9 Å². The molecule has 1 fully saturated rings. The van der Waals surface area contributed by atoms with Crippen LogP contribution in [0.1, 0.15) is 18.4 Å². The Hall–Kier alpha value is -2.21. The summed E-state index contributed by atoms with van der Waals surface area (Å²) in [6.07, 6.45) is 7.48. The van der Waals surface area contributed by atoms with Gasteiger partial charge in [-0.25, -0.2) is 9.97 Å². The van der Waals surface area contributed by atoms with Crippen LogP contribution in [-0.4, -0.2) is 45.2 Å². The highest BCUT2D eigenvalue weighted by Crippen LogP contribution is 2.15. The topological polar surface area (TPSA) is 60.2 Å². The van der Waals surface area contributed by atoms with Gasteiger partial charge in [-0.1, -0.05) is 6.07 Å². The molecule has 0 radical (unpaired) electrons. The van der Waals surface area contributed by atoms with Crippen LogP contribution in [0.3, 0.4) is 0 Å². The molecule has 23 heavy (non-hydrogen) atoms. The van der Waals surface area contributed by atoms with Crippen LogP contribution in [0, 0.1) is 6.92 Å². The van der Waals surface area contributed by atoms with Gasteiger partial charge in [-0.2, -0.15) is 0 Å². The first-order valence-corrected chi connectivity index (χ1v) is 8.04. The molecule has 1 aliphatic rings. The number of ether oxygens (including phenoxy) is 1. The van der Waals surface area contributed by atoms with E-state index in [1.807, 2.05) is 19.2 Å². The first-order chi connectivity index (χ1) is 11.2. The molecule has 0 spiro atoms. The molecule has 1 aliphatic heterocycles. The average Bonchev–Trinajstić information content (AvgIpc) is 2.58. The molecule has 3 rings (SSSR count). The van der Waals surface area contributed by atoms with Gasteiger partial charge in [0.15, 0.2) is 0 Å². The summed E-state index contributed by atoms with van der Waals surface area (Å²) in [5, 5.41) is 0. The number of piperidine rings is 1. The average molecular weight is 314 g/mol. The minimum absolute atomic E-state index is 0.0576. The van der Waals surface area contributed by atoms with Crippen LogP contribution in [0.2, 0.25) is 0 Å². The van der Waals surface area contributed by atoms with Crippen molar-refractivity contribution in [3.63, 3.8) is 0 Å². The molecular formula is C17H22N4O2.